The van der Waals surface area contributed by atoms with Gasteiger partial charge in [0.2, 0.25) is 5.91 Å². The number of benzene rings is 1. The van der Waals surface area contributed by atoms with E-state index in [4.69, 9.17) is 9.47 Å². The molecule has 1 aromatic carbocycles. The van der Waals surface area contributed by atoms with Crippen LogP contribution >= 0.6 is 0 Å². The molecule has 7 nitrogen and oxygen atoms in total. The molecule has 0 aliphatic rings. The molecule has 0 aliphatic heterocycles. The van der Waals surface area contributed by atoms with Gasteiger partial charge < -0.3 is 20.1 Å². The summed E-state index contributed by atoms with van der Waals surface area (Å²) in [5, 5.41) is 4.68. The van der Waals surface area contributed by atoms with Crippen molar-refractivity contribution in [2.75, 3.05) is 27.3 Å². The van der Waals surface area contributed by atoms with Crippen molar-refractivity contribution in [3.63, 3.8) is 0 Å². The summed E-state index contributed by atoms with van der Waals surface area (Å²) in [6.07, 6.45) is 0. The lowest BCUT2D eigenvalue weighted by atomic mass is 10.1. The number of esters is 1. The number of hydrogen-bond donors (Lipinski definition) is 2. The number of carbonyl (C=O) groups excluding carboxylic acids is 3. The normalized spacial score (nSPS) is 9.81. The number of nitrogens with one attached hydrogen (secondary N) is 2. The van der Waals surface area contributed by atoms with Gasteiger partial charge in [-0.2, -0.15) is 0 Å². The number of rotatable bonds is 7. The average Bonchev–Trinajstić information content (AvgIpc) is 2.50. The zero-order chi connectivity index (χ0) is 15.7. The summed E-state index contributed by atoms with van der Waals surface area (Å²) in [4.78, 5) is 34.1. The van der Waals surface area contributed by atoms with Gasteiger partial charge in [0.1, 0.15) is 0 Å². The third-order valence-corrected chi connectivity index (χ3v) is 2.53. The molecule has 0 saturated carbocycles. The van der Waals surface area contributed by atoms with E-state index < -0.39 is 18.5 Å². The Kier molecular flexibility index (Phi) is 6.90. The first-order chi connectivity index (χ1) is 10.1. The number of carbonyl (C=O) groups is 3. The zero-order valence-corrected chi connectivity index (χ0v) is 12.0. The Morgan fingerprint density at radius 3 is 2.62 bits per heavy atom. The van der Waals surface area contributed by atoms with Gasteiger partial charge in [0.15, 0.2) is 6.61 Å². The lowest BCUT2D eigenvalue weighted by Crippen LogP contribution is -2.37. The summed E-state index contributed by atoms with van der Waals surface area (Å²) < 4.78 is 9.84. The molecule has 7 heteroatoms. The standard InChI is InChI=1S/C14H18N2O5/c1-15-12(17)7-16-13(18)9-21-14(19)11-5-3-4-10(6-11)8-20-2/h3-6H,7-9H2,1-2H3,(H,15,17)(H,16,18). The monoisotopic (exact) mass is 294 g/mol. The predicted octanol–water partition coefficient (Wildman–Crippen LogP) is -0.148. The van der Waals surface area contributed by atoms with Crippen LogP contribution in [0.15, 0.2) is 24.3 Å². The Morgan fingerprint density at radius 2 is 1.95 bits per heavy atom. The number of hydrogen-bond acceptors (Lipinski definition) is 5. The quantitative estimate of drug-likeness (QED) is 0.682. The van der Waals surface area contributed by atoms with Crippen LogP contribution in [0.1, 0.15) is 15.9 Å². The third-order valence-electron chi connectivity index (χ3n) is 2.53. The Balaban J connectivity index is 2.44. The van der Waals surface area contributed by atoms with Crippen LogP contribution in [0.3, 0.4) is 0 Å². The molecule has 0 fully saturated rings. The van der Waals surface area contributed by atoms with E-state index in [9.17, 15) is 14.4 Å². The SMILES string of the molecule is CNC(=O)CNC(=O)COC(=O)c1cccc(COC)c1. The highest BCUT2D eigenvalue weighted by Crippen LogP contribution is 2.07. The van der Waals surface area contributed by atoms with Gasteiger partial charge in [0.25, 0.3) is 5.91 Å². The molecule has 114 valence electrons. The van der Waals surface area contributed by atoms with Crippen molar-refractivity contribution in [3.05, 3.63) is 35.4 Å². The summed E-state index contributed by atoms with van der Waals surface area (Å²) >= 11 is 0. The number of likely N-dealkylation sites (N-methyl/N-ethyl adjacent to an activating group) is 1. The Hall–Kier alpha value is -2.41. The maximum Gasteiger partial charge on any atom is 0.338 e. The van der Waals surface area contributed by atoms with Gasteiger partial charge in [-0.3, -0.25) is 9.59 Å². The summed E-state index contributed by atoms with van der Waals surface area (Å²) in [7, 11) is 3.02. The molecule has 0 radical (unpaired) electrons. The molecular weight excluding hydrogens is 276 g/mol. The van der Waals surface area contributed by atoms with Crippen LogP contribution in [0.4, 0.5) is 0 Å². The van der Waals surface area contributed by atoms with Crippen LogP contribution in [0.25, 0.3) is 0 Å². The second kappa shape index (κ2) is 8.70. The van der Waals surface area contributed by atoms with Crippen molar-refractivity contribution in [2.24, 2.45) is 0 Å². The van der Waals surface area contributed by atoms with Crippen molar-refractivity contribution >= 4 is 17.8 Å². The topological polar surface area (TPSA) is 93.7 Å². The van der Waals surface area contributed by atoms with Crippen molar-refractivity contribution in [1.82, 2.24) is 10.6 Å². The molecule has 0 aromatic heterocycles. The summed E-state index contributed by atoms with van der Waals surface area (Å²) in [6.45, 7) is -0.214. The molecule has 0 heterocycles. The lowest BCUT2D eigenvalue weighted by Gasteiger charge is -2.07. The summed E-state index contributed by atoms with van der Waals surface area (Å²) in [5.74, 6) is -1.48. The molecule has 1 rings (SSSR count). The zero-order valence-electron chi connectivity index (χ0n) is 12.0. The molecule has 0 atom stereocenters. The predicted molar refractivity (Wildman–Crippen MR) is 74.5 cm³/mol. The molecule has 1 aromatic rings. The number of amides is 2. The molecule has 21 heavy (non-hydrogen) atoms. The van der Waals surface area contributed by atoms with E-state index in [1.54, 1.807) is 25.3 Å². The minimum atomic E-state index is -0.608. The Bertz CT molecular complexity index is 516. The van der Waals surface area contributed by atoms with E-state index in [0.29, 0.717) is 12.2 Å². The molecule has 2 N–H and O–H groups in total. The Labute approximate surface area is 122 Å². The fourth-order valence-corrected chi connectivity index (χ4v) is 1.49. The van der Waals surface area contributed by atoms with Crippen LogP contribution in [0.2, 0.25) is 0 Å². The van der Waals surface area contributed by atoms with Crippen LogP contribution in [-0.4, -0.2) is 45.1 Å². The minimum absolute atomic E-state index is 0.157. The van der Waals surface area contributed by atoms with Gasteiger partial charge in [0.05, 0.1) is 18.7 Å². The third kappa shape index (κ3) is 6.05. The first kappa shape index (κ1) is 16.6. The summed E-state index contributed by atoms with van der Waals surface area (Å²) in [6, 6.07) is 6.74. The first-order valence-corrected chi connectivity index (χ1v) is 6.29. The van der Waals surface area contributed by atoms with E-state index in [0.717, 1.165) is 5.56 Å². The van der Waals surface area contributed by atoms with Crippen molar-refractivity contribution in [3.8, 4) is 0 Å². The number of ether oxygens (including phenoxy) is 2. The minimum Gasteiger partial charge on any atom is -0.452 e. The molecule has 0 bridgehead atoms. The number of methoxy groups -OCH3 is 1. The molecular formula is C14H18N2O5. The summed E-state index contributed by atoms with van der Waals surface area (Å²) in [5.41, 5.74) is 1.17. The van der Waals surface area contributed by atoms with Crippen LogP contribution in [0.5, 0.6) is 0 Å². The van der Waals surface area contributed by atoms with E-state index in [2.05, 4.69) is 10.6 Å². The first-order valence-electron chi connectivity index (χ1n) is 6.29. The van der Waals surface area contributed by atoms with Gasteiger partial charge in [-0.1, -0.05) is 12.1 Å². The maximum atomic E-state index is 11.8. The molecule has 0 aliphatic carbocycles. The van der Waals surface area contributed by atoms with E-state index in [1.165, 1.54) is 7.05 Å². The van der Waals surface area contributed by atoms with Crippen LogP contribution < -0.4 is 10.6 Å². The molecule has 0 unspecified atom stereocenters. The van der Waals surface area contributed by atoms with Gasteiger partial charge >= 0.3 is 5.97 Å². The smallest absolute Gasteiger partial charge is 0.338 e. The molecule has 2 amide bonds. The van der Waals surface area contributed by atoms with Crippen molar-refractivity contribution in [2.45, 2.75) is 6.61 Å². The van der Waals surface area contributed by atoms with E-state index in [1.807, 2.05) is 6.07 Å². The largest absolute Gasteiger partial charge is 0.452 e. The maximum absolute atomic E-state index is 11.8. The van der Waals surface area contributed by atoms with Crippen molar-refractivity contribution < 1.29 is 23.9 Å². The van der Waals surface area contributed by atoms with Gasteiger partial charge in [-0.15, -0.1) is 0 Å². The van der Waals surface area contributed by atoms with Gasteiger partial charge in [-0.25, -0.2) is 4.79 Å². The second-order valence-electron chi connectivity index (χ2n) is 4.16. The highest BCUT2D eigenvalue weighted by Gasteiger charge is 2.11. The Morgan fingerprint density at radius 1 is 1.19 bits per heavy atom. The van der Waals surface area contributed by atoms with E-state index >= 15 is 0 Å². The second-order valence-corrected chi connectivity index (χ2v) is 4.16. The van der Waals surface area contributed by atoms with Gasteiger partial charge in [0, 0.05) is 14.2 Å². The van der Waals surface area contributed by atoms with Gasteiger partial charge in [-0.05, 0) is 17.7 Å². The highest BCUT2D eigenvalue weighted by atomic mass is 16.5. The van der Waals surface area contributed by atoms with Crippen LogP contribution in [0, 0.1) is 0 Å². The fraction of sp³-hybridized carbons (Fsp3) is 0.357. The van der Waals surface area contributed by atoms with E-state index in [-0.39, 0.29) is 12.5 Å². The fourth-order valence-electron chi connectivity index (χ4n) is 1.49. The highest BCUT2D eigenvalue weighted by molar-refractivity contribution is 5.92. The molecule has 0 spiro atoms. The van der Waals surface area contributed by atoms with Crippen molar-refractivity contribution in [1.29, 1.82) is 0 Å². The molecule has 0 saturated heterocycles. The average molecular weight is 294 g/mol. The lowest BCUT2D eigenvalue weighted by molar-refractivity contribution is -0.127. The van der Waals surface area contributed by atoms with Crippen LogP contribution in [-0.2, 0) is 25.7 Å².